The molecule has 1 aliphatic rings. The Morgan fingerprint density at radius 3 is 2.64 bits per heavy atom. The molecular weight excluding hydrogens is 445 g/mol. The third kappa shape index (κ3) is 7.80. The summed E-state index contributed by atoms with van der Waals surface area (Å²) in [6.07, 6.45) is 3.40. The van der Waals surface area contributed by atoms with E-state index in [1.54, 1.807) is 4.90 Å². The maximum absolute atomic E-state index is 12.6. The first-order valence-corrected chi connectivity index (χ1v) is 12.4. The van der Waals surface area contributed by atoms with Crippen LogP contribution in [0.3, 0.4) is 0 Å². The van der Waals surface area contributed by atoms with Gasteiger partial charge in [-0.3, -0.25) is 4.57 Å². The number of hydrogen-bond acceptors (Lipinski definition) is 9. The minimum Gasteiger partial charge on any atom is -0.369 e. The Morgan fingerprint density at radius 2 is 2.09 bits per heavy atom. The first-order chi connectivity index (χ1) is 15.7. The number of nitrogens with zero attached hydrogens (tertiary/aromatic N) is 7. The number of nitriles is 1. The minimum atomic E-state index is -1.41. The zero-order valence-electron chi connectivity index (χ0n) is 20.6. The van der Waals surface area contributed by atoms with Gasteiger partial charge in [-0.05, 0) is 34.1 Å². The van der Waals surface area contributed by atoms with Crippen molar-refractivity contribution in [2.45, 2.75) is 84.4 Å². The summed E-state index contributed by atoms with van der Waals surface area (Å²) in [4.78, 5) is 26.5. The van der Waals surface area contributed by atoms with Gasteiger partial charge in [0, 0.05) is 32.6 Å². The van der Waals surface area contributed by atoms with Crippen molar-refractivity contribution in [2.24, 2.45) is 4.99 Å². The molecule has 2 rings (SSSR count). The van der Waals surface area contributed by atoms with Crippen LogP contribution in [0.2, 0.25) is 0 Å². The Morgan fingerprint density at radius 1 is 1.39 bits per heavy atom. The Balaban J connectivity index is 2.20. The molecular formula is C21H36N7O4P. The second-order valence-electron chi connectivity index (χ2n) is 8.52. The van der Waals surface area contributed by atoms with Crippen molar-refractivity contribution < 1.29 is 13.8 Å². The van der Waals surface area contributed by atoms with Gasteiger partial charge < -0.3 is 18.7 Å². The molecule has 0 aromatic carbocycles. The number of hydrogen-bond donors (Lipinski definition) is 0. The minimum absolute atomic E-state index is 0.0988. The first kappa shape index (κ1) is 27.3. The van der Waals surface area contributed by atoms with Crippen LogP contribution in [0.15, 0.2) is 16.1 Å². The average molecular weight is 482 g/mol. The van der Waals surface area contributed by atoms with Crippen molar-refractivity contribution in [3.8, 4) is 6.07 Å². The molecule has 0 aliphatic carbocycles. The van der Waals surface area contributed by atoms with Gasteiger partial charge in [-0.2, -0.15) is 10.2 Å². The van der Waals surface area contributed by atoms with E-state index in [1.807, 2.05) is 21.0 Å². The predicted octanol–water partition coefficient (Wildman–Crippen LogP) is 3.22. The van der Waals surface area contributed by atoms with Crippen LogP contribution in [0, 0.1) is 11.3 Å². The van der Waals surface area contributed by atoms with Crippen molar-refractivity contribution in [3.63, 3.8) is 0 Å². The van der Waals surface area contributed by atoms with E-state index in [4.69, 9.17) is 19.0 Å². The zero-order valence-corrected chi connectivity index (χ0v) is 21.5. The second kappa shape index (κ2) is 13.1. The molecule has 1 aliphatic heterocycles. The summed E-state index contributed by atoms with van der Waals surface area (Å²) in [5.41, 5.74) is -0.477. The molecule has 12 heteroatoms. The summed E-state index contributed by atoms with van der Waals surface area (Å²) in [6.45, 7) is 10.7. The summed E-state index contributed by atoms with van der Waals surface area (Å²) < 4.78 is 22.2. The van der Waals surface area contributed by atoms with Gasteiger partial charge in [0.25, 0.3) is 14.5 Å². The second-order valence-corrected chi connectivity index (χ2v) is 9.92. The normalized spacial score (nSPS) is 21.9. The lowest BCUT2D eigenvalue weighted by atomic mass is 10.1. The molecule has 4 atom stereocenters. The molecule has 184 valence electrons. The van der Waals surface area contributed by atoms with E-state index in [-0.39, 0.29) is 30.2 Å². The van der Waals surface area contributed by atoms with Gasteiger partial charge >= 0.3 is 5.69 Å². The highest BCUT2D eigenvalue weighted by molar-refractivity contribution is 7.44. The molecule has 0 bridgehead atoms. The number of rotatable bonds is 12. The Hall–Kier alpha value is -1.96. The highest BCUT2D eigenvalue weighted by atomic mass is 31.2. The summed E-state index contributed by atoms with van der Waals surface area (Å²) in [7, 11) is 2.23. The fraction of sp³-hybridized carbons (Fsp3) is 0.762. The van der Waals surface area contributed by atoms with Crippen LogP contribution in [0.4, 0.5) is 5.95 Å². The molecule has 0 saturated carbocycles. The van der Waals surface area contributed by atoms with E-state index in [9.17, 15) is 4.79 Å². The van der Waals surface area contributed by atoms with Crippen LogP contribution in [0.1, 0.15) is 60.1 Å². The molecule has 2 heterocycles. The molecule has 1 saturated heterocycles. The van der Waals surface area contributed by atoms with Crippen LogP contribution >= 0.6 is 8.53 Å². The number of ether oxygens (including phenoxy) is 1. The number of aliphatic imine (C=N–C) groups is 1. The molecule has 0 radical (unpaired) electrons. The van der Waals surface area contributed by atoms with Crippen LogP contribution in [-0.2, 0) is 13.8 Å². The quantitative estimate of drug-likeness (QED) is 0.192. The fourth-order valence-corrected chi connectivity index (χ4v) is 5.28. The monoisotopic (exact) mass is 481 g/mol. The summed E-state index contributed by atoms with van der Waals surface area (Å²) >= 11 is 0. The van der Waals surface area contributed by atoms with Gasteiger partial charge in [0.15, 0.2) is 0 Å². The summed E-state index contributed by atoms with van der Waals surface area (Å²) in [5, 5.41) is 8.92. The Labute approximate surface area is 197 Å². The maximum atomic E-state index is 12.6. The molecule has 0 amide bonds. The molecule has 1 fully saturated rings. The Kier molecular flexibility index (Phi) is 10.8. The number of aromatic nitrogens is 3. The van der Waals surface area contributed by atoms with Gasteiger partial charge in [-0.25, -0.2) is 19.4 Å². The first-order valence-electron chi connectivity index (χ1n) is 11.2. The van der Waals surface area contributed by atoms with E-state index in [0.29, 0.717) is 25.9 Å². The van der Waals surface area contributed by atoms with E-state index in [2.05, 4.69) is 53.4 Å². The standard InChI is InChI=1S/C21H36N7O4P/c1-8-17-18(32-33(30-11-9-10-22)28(15(2)3)16(4)5)12-19(31-17)27-14-24-20(25-21(27)29)23-13-26(6)7/h13-19H,8-9,11-12H2,1-7H3/t17-,18?,19-,33?/m1/s1. The molecule has 0 spiro atoms. The van der Waals surface area contributed by atoms with Crippen molar-refractivity contribution in [1.29, 1.82) is 5.26 Å². The van der Waals surface area contributed by atoms with Crippen molar-refractivity contribution >= 4 is 20.8 Å². The molecule has 11 nitrogen and oxygen atoms in total. The van der Waals surface area contributed by atoms with Crippen LogP contribution in [0.25, 0.3) is 0 Å². The molecule has 0 N–H and O–H groups in total. The SMILES string of the molecule is CC[C@H]1O[C@@H](n2cnc(N=CN(C)C)nc2=O)CC1OP(OCCC#N)N(C(C)C)C(C)C. The van der Waals surface area contributed by atoms with E-state index >= 15 is 0 Å². The third-order valence-electron chi connectivity index (χ3n) is 4.90. The average Bonchev–Trinajstić information content (AvgIpc) is 3.14. The molecule has 1 aromatic rings. The summed E-state index contributed by atoms with van der Waals surface area (Å²) in [6, 6.07) is 2.50. The van der Waals surface area contributed by atoms with Gasteiger partial charge in [-0.1, -0.05) is 6.92 Å². The smallest absolute Gasteiger partial charge is 0.354 e. The van der Waals surface area contributed by atoms with Crippen molar-refractivity contribution in [1.82, 2.24) is 24.1 Å². The lowest BCUT2D eigenvalue weighted by Crippen LogP contribution is -2.35. The maximum Gasteiger partial charge on any atom is 0.354 e. The van der Waals surface area contributed by atoms with Gasteiger partial charge in [0.2, 0.25) is 0 Å². The highest BCUT2D eigenvalue weighted by Gasteiger charge is 2.40. The van der Waals surface area contributed by atoms with Crippen LogP contribution < -0.4 is 5.69 Å². The summed E-state index contributed by atoms with van der Waals surface area (Å²) in [5.74, 6) is 0.0988. The predicted molar refractivity (Wildman–Crippen MR) is 127 cm³/mol. The molecule has 1 aromatic heterocycles. The van der Waals surface area contributed by atoms with Gasteiger partial charge in [0.1, 0.15) is 12.6 Å². The zero-order chi connectivity index (χ0) is 24.5. The molecule has 33 heavy (non-hydrogen) atoms. The fourth-order valence-electron chi connectivity index (χ4n) is 3.52. The van der Waals surface area contributed by atoms with E-state index < -0.39 is 20.4 Å². The van der Waals surface area contributed by atoms with Crippen LogP contribution in [0.5, 0.6) is 0 Å². The van der Waals surface area contributed by atoms with Crippen molar-refractivity contribution in [2.75, 3.05) is 20.7 Å². The van der Waals surface area contributed by atoms with E-state index in [0.717, 1.165) is 0 Å². The Bertz CT molecular complexity index is 863. The molecule has 2 unspecified atom stereocenters. The van der Waals surface area contributed by atoms with E-state index in [1.165, 1.54) is 17.2 Å². The van der Waals surface area contributed by atoms with Crippen LogP contribution in [-0.4, -0.2) is 75.4 Å². The largest absolute Gasteiger partial charge is 0.369 e. The highest BCUT2D eigenvalue weighted by Crippen LogP contribution is 2.50. The third-order valence-corrected chi connectivity index (χ3v) is 7.05. The lowest BCUT2D eigenvalue weighted by Gasteiger charge is -2.37. The lowest BCUT2D eigenvalue weighted by molar-refractivity contribution is -0.0205. The van der Waals surface area contributed by atoms with Gasteiger partial charge in [-0.15, -0.1) is 0 Å². The van der Waals surface area contributed by atoms with Crippen molar-refractivity contribution in [3.05, 3.63) is 16.8 Å². The van der Waals surface area contributed by atoms with Gasteiger partial charge in [0.05, 0.1) is 37.6 Å². The topological polar surface area (TPSA) is 118 Å².